The maximum Gasteiger partial charge on any atom is 0.0170 e. The van der Waals surface area contributed by atoms with Crippen molar-refractivity contribution in [2.24, 2.45) is 5.73 Å². The third-order valence-corrected chi connectivity index (χ3v) is 3.22. The van der Waals surface area contributed by atoms with Gasteiger partial charge in [-0.3, -0.25) is 0 Å². The highest BCUT2D eigenvalue weighted by Gasteiger charge is 2.09. The summed E-state index contributed by atoms with van der Waals surface area (Å²) in [4.78, 5) is 2.50. The van der Waals surface area contributed by atoms with Gasteiger partial charge in [0.25, 0.3) is 0 Å². The summed E-state index contributed by atoms with van der Waals surface area (Å²) in [6.45, 7) is 7.85. The van der Waals surface area contributed by atoms with Gasteiger partial charge in [-0.15, -0.1) is 0 Å². The fraction of sp³-hybridized carbons (Fsp3) is 0.625. The summed E-state index contributed by atoms with van der Waals surface area (Å²) >= 11 is 0. The van der Waals surface area contributed by atoms with Gasteiger partial charge >= 0.3 is 0 Å². The van der Waals surface area contributed by atoms with Crippen LogP contribution in [0.1, 0.15) is 38.7 Å². The molecule has 1 unspecified atom stereocenters. The summed E-state index contributed by atoms with van der Waals surface area (Å²) in [6, 6.07) is 10.9. The molecule has 0 heterocycles. The van der Waals surface area contributed by atoms with Gasteiger partial charge in [0.2, 0.25) is 0 Å². The van der Waals surface area contributed by atoms with E-state index in [1.807, 2.05) is 0 Å². The Morgan fingerprint density at radius 2 is 1.67 bits per heavy atom. The normalized spacial score (nSPS) is 12.9. The molecule has 0 saturated heterocycles. The van der Waals surface area contributed by atoms with E-state index in [-0.39, 0.29) is 0 Å². The Hall–Kier alpha value is -0.860. The molecule has 0 amide bonds. The Labute approximate surface area is 112 Å². The van der Waals surface area contributed by atoms with E-state index in [1.165, 1.54) is 31.5 Å². The molecule has 0 radical (unpaired) electrons. The molecule has 0 fully saturated rings. The summed E-state index contributed by atoms with van der Waals surface area (Å²) in [5.41, 5.74) is 7.64. The number of hydrogen-bond donors (Lipinski definition) is 1. The minimum absolute atomic E-state index is 0.295. The zero-order chi connectivity index (χ0) is 13.2. The second-order valence-corrected chi connectivity index (χ2v) is 5.08. The molecule has 0 aliphatic rings. The number of benzene rings is 1. The summed E-state index contributed by atoms with van der Waals surface area (Å²) in [7, 11) is 0. The topological polar surface area (TPSA) is 29.3 Å². The van der Waals surface area contributed by atoms with E-state index in [2.05, 4.69) is 49.1 Å². The molecule has 0 spiro atoms. The first-order chi connectivity index (χ1) is 8.76. The fourth-order valence-corrected chi connectivity index (χ4v) is 2.35. The summed E-state index contributed by atoms with van der Waals surface area (Å²) in [6.07, 6.45) is 4.60. The zero-order valence-corrected chi connectivity index (χ0v) is 11.9. The van der Waals surface area contributed by atoms with Crippen LogP contribution >= 0.6 is 0 Å². The highest BCUT2D eigenvalue weighted by Crippen LogP contribution is 2.05. The van der Waals surface area contributed by atoms with Gasteiger partial charge < -0.3 is 10.6 Å². The van der Waals surface area contributed by atoms with Crippen LogP contribution in [0.4, 0.5) is 0 Å². The van der Waals surface area contributed by atoms with Crippen molar-refractivity contribution in [3.63, 3.8) is 0 Å². The van der Waals surface area contributed by atoms with Crippen LogP contribution in [0.5, 0.6) is 0 Å². The predicted octanol–water partition coefficient (Wildman–Crippen LogP) is 3.07. The lowest BCUT2D eigenvalue weighted by atomic mass is 10.1. The van der Waals surface area contributed by atoms with Crippen molar-refractivity contribution in [2.75, 3.05) is 19.6 Å². The Morgan fingerprint density at radius 1 is 1.06 bits per heavy atom. The third kappa shape index (κ3) is 6.18. The minimum atomic E-state index is 0.295. The number of aryl methyl sites for hydroxylation is 1. The Morgan fingerprint density at radius 3 is 2.22 bits per heavy atom. The van der Waals surface area contributed by atoms with Gasteiger partial charge in [-0.25, -0.2) is 0 Å². The lowest BCUT2D eigenvalue weighted by molar-refractivity contribution is 0.253. The molecule has 0 bridgehead atoms. The summed E-state index contributed by atoms with van der Waals surface area (Å²) < 4.78 is 0. The molecule has 1 aromatic rings. The van der Waals surface area contributed by atoms with Crippen molar-refractivity contribution in [1.82, 2.24) is 4.90 Å². The van der Waals surface area contributed by atoms with Crippen LogP contribution in [0.25, 0.3) is 0 Å². The first-order valence-electron chi connectivity index (χ1n) is 7.28. The quantitative estimate of drug-likeness (QED) is 0.728. The van der Waals surface area contributed by atoms with Gasteiger partial charge in [0.1, 0.15) is 0 Å². The number of nitrogens with zero attached hydrogens (tertiary/aromatic N) is 1. The van der Waals surface area contributed by atoms with Crippen molar-refractivity contribution < 1.29 is 0 Å². The van der Waals surface area contributed by atoms with Crippen molar-refractivity contribution >= 4 is 0 Å². The molecule has 102 valence electrons. The van der Waals surface area contributed by atoms with Crippen LogP contribution in [0, 0.1) is 0 Å². The molecular weight excluding hydrogens is 220 g/mol. The second kappa shape index (κ2) is 9.12. The molecule has 18 heavy (non-hydrogen) atoms. The summed E-state index contributed by atoms with van der Waals surface area (Å²) in [5.74, 6) is 0. The highest BCUT2D eigenvalue weighted by molar-refractivity contribution is 5.14. The molecule has 0 aliphatic heterocycles. The van der Waals surface area contributed by atoms with E-state index in [4.69, 9.17) is 5.73 Å². The summed E-state index contributed by atoms with van der Waals surface area (Å²) in [5, 5.41) is 0. The van der Waals surface area contributed by atoms with Crippen molar-refractivity contribution in [1.29, 1.82) is 0 Å². The standard InChI is InChI=1S/C16H28N2/c1-3-12-18(13-4-2)14-16(17)11-10-15-8-6-5-7-9-15/h5-9,16H,3-4,10-14,17H2,1-2H3. The Balaban J connectivity index is 2.29. The molecule has 0 aromatic heterocycles. The molecule has 0 saturated carbocycles. The van der Waals surface area contributed by atoms with E-state index in [9.17, 15) is 0 Å². The number of nitrogens with two attached hydrogens (primary N) is 1. The lowest BCUT2D eigenvalue weighted by Crippen LogP contribution is -2.38. The molecule has 1 aromatic carbocycles. The SMILES string of the molecule is CCCN(CCC)CC(N)CCc1ccccc1. The first-order valence-corrected chi connectivity index (χ1v) is 7.28. The van der Waals surface area contributed by atoms with E-state index in [0.29, 0.717) is 6.04 Å². The number of rotatable bonds is 9. The maximum atomic E-state index is 6.24. The molecule has 1 atom stereocenters. The molecular formula is C16H28N2. The number of hydrogen-bond acceptors (Lipinski definition) is 2. The van der Waals surface area contributed by atoms with Gasteiger partial charge in [-0.05, 0) is 44.3 Å². The van der Waals surface area contributed by atoms with E-state index in [0.717, 1.165) is 19.4 Å². The minimum Gasteiger partial charge on any atom is -0.327 e. The lowest BCUT2D eigenvalue weighted by Gasteiger charge is -2.24. The van der Waals surface area contributed by atoms with Gasteiger partial charge in [0.15, 0.2) is 0 Å². The van der Waals surface area contributed by atoms with Crippen LogP contribution in [0.2, 0.25) is 0 Å². The highest BCUT2D eigenvalue weighted by atomic mass is 15.1. The van der Waals surface area contributed by atoms with E-state index >= 15 is 0 Å². The average molecular weight is 248 g/mol. The van der Waals surface area contributed by atoms with Crippen molar-refractivity contribution in [2.45, 2.75) is 45.6 Å². The smallest absolute Gasteiger partial charge is 0.0170 e. The van der Waals surface area contributed by atoms with Crippen LogP contribution in [0.15, 0.2) is 30.3 Å². The van der Waals surface area contributed by atoms with Crippen LogP contribution < -0.4 is 5.73 Å². The van der Waals surface area contributed by atoms with Crippen LogP contribution in [-0.2, 0) is 6.42 Å². The monoisotopic (exact) mass is 248 g/mol. The van der Waals surface area contributed by atoms with Crippen LogP contribution in [0.3, 0.4) is 0 Å². The first kappa shape index (κ1) is 15.2. The molecule has 1 rings (SSSR count). The van der Waals surface area contributed by atoms with Gasteiger partial charge in [-0.1, -0.05) is 44.2 Å². The molecule has 2 N–H and O–H groups in total. The van der Waals surface area contributed by atoms with E-state index in [1.54, 1.807) is 0 Å². The average Bonchev–Trinajstić information content (AvgIpc) is 2.38. The largest absolute Gasteiger partial charge is 0.327 e. The Bertz CT molecular complexity index is 291. The van der Waals surface area contributed by atoms with Crippen molar-refractivity contribution in [3.05, 3.63) is 35.9 Å². The fourth-order valence-electron chi connectivity index (χ4n) is 2.35. The molecule has 0 aliphatic carbocycles. The second-order valence-electron chi connectivity index (χ2n) is 5.08. The Kier molecular flexibility index (Phi) is 7.70. The van der Waals surface area contributed by atoms with Crippen molar-refractivity contribution in [3.8, 4) is 0 Å². The van der Waals surface area contributed by atoms with E-state index < -0.39 is 0 Å². The van der Waals surface area contributed by atoms with Gasteiger partial charge in [-0.2, -0.15) is 0 Å². The molecule has 2 nitrogen and oxygen atoms in total. The van der Waals surface area contributed by atoms with Crippen LogP contribution in [-0.4, -0.2) is 30.6 Å². The maximum absolute atomic E-state index is 6.24. The van der Waals surface area contributed by atoms with Gasteiger partial charge in [0, 0.05) is 12.6 Å². The molecule has 2 heteroatoms. The predicted molar refractivity (Wildman–Crippen MR) is 79.8 cm³/mol. The third-order valence-electron chi connectivity index (χ3n) is 3.22. The zero-order valence-electron chi connectivity index (χ0n) is 11.9. The van der Waals surface area contributed by atoms with Gasteiger partial charge in [0.05, 0.1) is 0 Å².